The lowest BCUT2D eigenvalue weighted by atomic mass is 10.1. The third kappa shape index (κ3) is 6.54. The van der Waals surface area contributed by atoms with Gasteiger partial charge in [0, 0.05) is 13.2 Å². The third-order valence-corrected chi connectivity index (χ3v) is 2.75. The maximum atomic E-state index is 11.7. The monoisotopic (exact) mass is 280 g/mol. The molecule has 5 nitrogen and oxygen atoms in total. The van der Waals surface area contributed by atoms with Crippen LogP contribution < -0.4 is 10.6 Å². The first-order valence-electron chi connectivity index (χ1n) is 6.95. The Bertz CT molecular complexity index is 382. The highest BCUT2D eigenvalue weighted by Gasteiger charge is 2.12. The minimum Gasteiger partial charge on any atom is -0.394 e. The Morgan fingerprint density at radius 3 is 2.60 bits per heavy atom. The second-order valence-corrected chi connectivity index (χ2v) is 4.82. The van der Waals surface area contributed by atoms with E-state index in [2.05, 4.69) is 10.6 Å². The zero-order valence-electron chi connectivity index (χ0n) is 12.1. The number of aliphatic hydroxyl groups is 1. The molecule has 3 N–H and O–H groups in total. The van der Waals surface area contributed by atoms with Crippen molar-refractivity contribution in [1.82, 2.24) is 10.6 Å². The first-order valence-corrected chi connectivity index (χ1v) is 6.95. The van der Waals surface area contributed by atoms with Crippen molar-refractivity contribution in [2.75, 3.05) is 19.8 Å². The Morgan fingerprint density at radius 2 is 2.00 bits per heavy atom. The molecule has 0 radical (unpaired) electrons. The van der Waals surface area contributed by atoms with Gasteiger partial charge in [-0.1, -0.05) is 30.3 Å². The molecule has 0 aliphatic heterocycles. The number of benzene rings is 1. The highest BCUT2D eigenvalue weighted by Crippen LogP contribution is 2.10. The molecule has 1 aromatic rings. The summed E-state index contributed by atoms with van der Waals surface area (Å²) in [5.74, 6) is 0. The number of urea groups is 1. The van der Waals surface area contributed by atoms with E-state index in [9.17, 15) is 9.90 Å². The number of aliphatic hydroxyl groups excluding tert-OH is 1. The Kier molecular flexibility index (Phi) is 7.69. The fourth-order valence-corrected chi connectivity index (χ4v) is 1.72. The average Bonchev–Trinajstić information content (AvgIpc) is 2.45. The van der Waals surface area contributed by atoms with Gasteiger partial charge in [-0.2, -0.15) is 0 Å². The molecule has 0 saturated carbocycles. The quantitative estimate of drug-likeness (QED) is 0.636. The van der Waals surface area contributed by atoms with E-state index in [1.165, 1.54) is 0 Å². The summed E-state index contributed by atoms with van der Waals surface area (Å²) in [5.41, 5.74) is 0.883. The second kappa shape index (κ2) is 9.34. The van der Waals surface area contributed by atoms with Crippen LogP contribution in [-0.4, -0.2) is 37.0 Å². The lowest BCUT2D eigenvalue weighted by molar-refractivity contribution is 0.0774. The van der Waals surface area contributed by atoms with Crippen LogP contribution in [0.25, 0.3) is 0 Å². The van der Waals surface area contributed by atoms with Crippen LogP contribution in [0.2, 0.25) is 0 Å². The zero-order valence-corrected chi connectivity index (χ0v) is 12.1. The highest BCUT2D eigenvalue weighted by atomic mass is 16.5. The van der Waals surface area contributed by atoms with Crippen LogP contribution in [0.5, 0.6) is 0 Å². The molecule has 5 heteroatoms. The van der Waals surface area contributed by atoms with Gasteiger partial charge in [-0.15, -0.1) is 0 Å². The number of hydrogen-bond donors (Lipinski definition) is 3. The summed E-state index contributed by atoms with van der Waals surface area (Å²) in [5, 5.41) is 14.8. The van der Waals surface area contributed by atoms with E-state index in [4.69, 9.17) is 4.74 Å². The molecule has 0 aromatic heterocycles. The molecule has 0 fully saturated rings. The number of carbonyl (C=O) groups excluding carboxylic acids is 1. The summed E-state index contributed by atoms with van der Waals surface area (Å²) in [6.45, 7) is 5.00. The second-order valence-electron chi connectivity index (χ2n) is 4.82. The zero-order chi connectivity index (χ0) is 14.8. The largest absolute Gasteiger partial charge is 0.394 e. The smallest absolute Gasteiger partial charge is 0.315 e. The minimum atomic E-state index is -0.386. The molecule has 1 aromatic carbocycles. The SMILES string of the molecule is CC(C)OCCCNC(=O)NC(CO)c1ccccc1. The molecule has 0 saturated heterocycles. The van der Waals surface area contributed by atoms with Gasteiger partial charge in [0.25, 0.3) is 0 Å². The van der Waals surface area contributed by atoms with Crippen molar-refractivity contribution in [1.29, 1.82) is 0 Å². The predicted octanol–water partition coefficient (Wildman–Crippen LogP) is 1.83. The molecule has 2 amide bonds. The van der Waals surface area contributed by atoms with Gasteiger partial charge >= 0.3 is 6.03 Å². The standard InChI is InChI=1S/C15H24N2O3/c1-12(2)20-10-6-9-16-15(19)17-14(11-18)13-7-4-3-5-8-13/h3-5,7-8,12,14,18H,6,9-11H2,1-2H3,(H2,16,17,19). The number of ether oxygens (including phenoxy) is 1. The summed E-state index contributed by atoms with van der Waals surface area (Å²) in [7, 11) is 0. The normalized spacial score (nSPS) is 12.2. The van der Waals surface area contributed by atoms with E-state index in [1.807, 2.05) is 44.2 Å². The van der Waals surface area contributed by atoms with E-state index < -0.39 is 0 Å². The Morgan fingerprint density at radius 1 is 1.30 bits per heavy atom. The molecule has 20 heavy (non-hydrogen) atoms. The Labute approximate surface area is 120 Å². The summed E-state index contributed by atoms with van der Waals surface area (Å²) in [6, 6.07) is 8.73. The van der Waals surface area contributed by atoms with Crippen molar-refractivity contribution in [3.05, 3.63) is 35.9 Å². The Hall–Kier alpha value is -1.59. The third-order valence-electron chi connectivity index (χ3n) is 2.75. The van der Waals surface area contributed by atoms with E-state index >= 15 is 0 Å². The van der Waals surface area contributed by atoms with Gasteiger partial charge in [0.15, 0.2) is 0 Å². The molecule has 0 bridgehead atoms. The minimum absolute atomic E-state index is 0.131. The van der Waals surface area contributed by atoms with Gasteiger partial charge in [-0.25, -0.2) is 4.79 Å². The predicted molar refractivity (Wildman–Crippen MR) is 78.5 cm³/mol. The van der Waals surface area contributed by atoms with Crippen molar-refractivity contribution < 1.29 is 14.6 Å². The van der Waals surface area contributed by atoms with Gasteiger partial charge in [-0.3, -0.25) is 0 Å². The van der Waals surface area contributed by atoms with Gasteiger partial charge in [0.05, 0.1) is 18.8 Å². The number of nitrogens with one attached hydrogen (secondary N) is 2. The first-order chi connectivity index (χ1) is 9.63. The number of carbonyl (C=O) groups is 1. The molecule has 112 valence electrons. The Balaban J connectivity index is 2.26. The number of amides is 2. The topological polar surface area (TPSA) is 70.6 Å². The summed E-state index contributed by atoms with van der Waals surface area (Å²) in [4.78, 5) is 11.7. The first kappa shape index (κ1) is 16.5. The van der Waals surface area contributed by atoms with E-state index in [0.29, 0.717) is 13.2 Å². The van der Waals surface area contributed by atoms with E-state index in [1.54, 1.807) is 0 Å². The fourth-order valence-electron chi connectivity index (χ4n) is 1.72. The van der Waals surface area contributed by atoms with Gasteiger partial charge in [0.2, 0.25) is 0 Å². The van der Waals surface area contributed by atoms with Crippen LogP contribution >= 0.6 is 0 Å². The summed E-state index contributed by atoms with van der Waals surface area (Å²) >= 11 is 0. The highest BCUT2D eigenvalue weighted by molar-refractivity contribution is 5.74. The molecular weight excluding hydrogens is 256 g/mol. The van der Waals surface area contributed by atoms with Crippen molar-refractivity contribution >= 4 is 6.03 Å². The lowest BCUT2D eigenvalue weighted by Crippen LogP contribution is -2.39. The molecule has 0 heterocycles. The van der Waals surface area contributed by atoms with Crippen LogP contribution in [0.15, 0.2) is 30.3 Å². The van der Waals surface area contributed by atoms with E-state index in [0.717, 1.165) is 12.0 Å². The maximum Gasteiger partial charge on any atom is 0.315 e. The number of hydrogen-bond acceptors (Lipinski definition) is 3. The lowest BCUT2D eigenvalue weighted by Gasteiger charge is -2.17. The maximum absolute atomic E-state index is 11.7. The van der Waals surface area contributed by atoms with Gasteiger partial charge < -0.3 is 20.5 Å². The molecule has 1 atom stereocenters. The molecular formula is C15H24N2O3. The van der Waals surface area contributed by atoms with Crippen LogP contribution in [0, 0.1) is 0 Å². The molecule has 0 aliphatic rings. The van der Waals surface area contributed by atoms with Crippen molar-refractivity contribution in [3.63, 3.8) is 0 Å². The van der Waals surface area contributed by atoms with Crippen LogP contribution in [-0.2, 0) is 4.74 Å². The fraction of sp³-hybridized carbons (Fsp3) is 0.533. The van der Waals surface area contributed by atoms with Crippen molar-refractivity contribution in [2.24, 2.45) is 0 Å². The molecule has 0 aliphatic carbocycles. The number of rotatable bonds is 8. The van der Waals surface area contributed by atoms with Gasteiger partial charge in [0.1, 0.15) is 0 Å². The van der Waals surface area contributed by atoms with Gasteiger partial charge in [-0.05, 0) is 25.8 Å². The van der Waals surface area contributed by atoms with Crippen LogP contribution in [0.4, 0.5) is 4.79 Å². The van der Waals surface area contributed by atoms with E-state index in [-0.39, 0.29) is 24.8 Å². The summed E-state index contributed by atoms with van der Waals surface area (Å²) < 4.78 is 5.38. The van der Waals surface area contributed by atoms with Crippen LogP contribution in [0.1, 0.15) is 31.9 Å². The molecule has 1 rings (SSSR count). The molecule has 0 spiro atoms. The summed E-state index contributed by atoms with van der Waals surface area (Å²) in [6.07, 6.45) is 0.974. The average molecular weight is 280 g/mol. The van der Waals surface area contributed by atoms with Crippen molar-refractivity contribution in [2.45, 2.75) is 32.4 Å². The molecule has 1 unspecified atom stereocenters. The van der Waals surface area contributed by atoms with Crippen LogP contribution in [0.3, 0.4) is 0 Å². The van der Waals surface area contributed by atoms with Crippen molar-refractivity contribution in [3.8, 4) is 0 Å².